The molecule has 0 aliphatic carbocycles. The van der Waals surface area contributed by atoms with Crippen molar-refractivity contribution >= 4 is 46.8 Å². The Kier molecular flexibility index (Phi) is 8.87. The number of hydrogen-bond acceptors (Lipinski definition) is 3. The number of rotatable bonds is 8. The van der Waals surface area contributed by atoms with Crippen molar-refractivity contribution in [2.45, 2.75) is 39.3 Å². The standard InChI is InChI=1S/C22H26Cl2N2O2S/c1-13-5-6-14(2)18(11-13)15(3)25-22(28)20(9-10-29-4)26-21(27)17-8-7-16(23)12-19(17)24/h5-8,11-12,15,20H,9-10H2,1-4H3,(H,25,28)(H,26,27). The normalized spacial score (nSPS) is 12.9. The van der Waals surface area contributed by atoms with Gasteiger partial charge in [-0.3, -0.25) is 9.59 Å². The molecule has 2 N–H and O–H groups in total. The van der Waals surface area contributed by atoms with Crippen molar-refractivity contribution in [3.8, 4) is 0 Å². The fourth-order valence-corrected chi connectivity index (χ4v) is 4.00. The monoisotopic (exact) mass is 452 g/mol. The second-order valence-electron chi connectivity index (χ2n) is 7.02. The van der Waals surface area contributed by atoms with E-state index in [9.17, 15) is 9.59 Å². The third-order valence-electron chi connectivity index (χ3n) is 4.67. The minimum atomic E-state index is -0.658. The molecule has 2 aromatic rings. The molecule has 0 aromatic heterocycles. The number of thioether (sulfide) groups is 1. The molecular formula is C22H26Cl2N2O2S. The Bertz CT molecular complexity index is 889. The van der Waals surface area contributed by atoms with Crippen LogP contribution in [0, 0.1) is 13.8 Å². The van der Waals surface area contributed by atoms with Gasteiger partial charge in [0, 0.05) is 5.02 Å². The Balaban J connectivity index is 2.14. The zero-order valence-electron chi connectivity index (χ0n) is 17.0. The highest BCUT2D eigenvalue weighted by molar-refractivity contribution is 7.98. The average Bonchev–Trinajstić information content (AvgIpc) is 2.66. The fraction of sp³-hybridized carbons (Fsp3) is 0.364. The van der Waals surface area contributed by atoms with Crippen LogP contribution in [0.25, 0.3) is 0 Å². The number of amides is 2. The van der Waals surface area contributed by atoms with Crippen molar-refractivity contribution in [1.29, 1.82) is 0 Å². The van der Waals surface area contributed by atoms with E-state index in [1.807, 2.05) is 39.2 Å². The molecule has 29 heavy (non-hydrogen) atoms. The van der Waals surface area contributed by atoms with E-state index in [0.717, 1.165) is 22.4 Å². The Labute approximate surface area is 186 Å². The lowest BCUT2D eigenvalue weighted by molar-refractivity contribution is -0.123. The van der Waals surface area contributed by atoms with Crippen LogP contribution in [0.4, 0.5) is 0 Å². The Morgan fingerprint density at radius 1 is 1.07 bits per heavy atom. The van der Waals surface area contributed by atoms with Gasteiger partial charge in [0.2, 0.25) is 5.91 Å². The lowest BCUT2D eigenvalue weighted by Gasteiger charge is -2.23. The second-order valence-corrected chi connectivity index (χ2v) is 8.85. The van der Waals surface area contributed by atoms with Gasteiger partial charge in [-0.15, -0.1) is 0 Å². The maximum absolute atomic E-state index is 12.9. The minimum Gasteiger partial charge on any atom is -0.348 e. The number of hydrogen-bond donors (Lipinski definition) is 2. The van der Waals surface area contributed by atoms with Crippen LogP contribution in [0.3, 0.4) is 0 Å². The van der Waals surface area contributed by atoms with Crippen molar-refractivity contribution in [3.05, 3.63) is 68.7 Å². The topological polar surface area (TPSA) is 58.2 Å². The average molecular weight is 453 g/mol. The molecule has 0 heterocycles. The molecule has 0 aliphatic heterocycles. The summed E-state index contributed by atoms with van der Waals surface area (Å²) in [7, 11) is 0. The first kappa shape index (κ1) is 23.6. The molecule has 0 bridgehead atoms. The predicted octanol–water partition coefficient (Wildman–Crippen LogP) is 5.34. The Hall–Kier alpha value is -1.69. The van der Waals surface area contributed by atoms with Crippen molar-refractivity contribution < 1.29 is 9.59 Å². The summed E-state index contributed by atoms with van der Waals surface area (Å²) in [5.74, 6) is 0.128. The number of aryl methyl sites for hydroxylation is 2. The Morgan fingerprint density at radius 2 is 1.79 bits per heavy atom. The van der Waals surface area contributed by atoms with Gasteiger partial charge in [0.1, 0.15) is 6.04 Å². The summed E-state index contributed by atoms with van der Waals surface area (Å²) >= 11 is 13.7. The summed E-state index contributed by atoms with van der Waals surface area (Å²) in [6.45, 7) is 5.99. The first-order valence-electron chi connectivity index (χ1n) is 9.35. The van der Waals surface area contributed by atoms with Crippen molar-refractivity contribution in [3.63, 3.8) is 0 Å². The van der Waals surface area contributed by atoms with Gasteiger partial charge in [-0.25, -0.2) is 0 Å². The van der Waals surface area contributed by atoms with Crippen LogP contribution in [-0.4, -0.2) is 29.9 Å². The van der Waals surface area contributed by atoms with Gasteiger partial charge in [-0.05, 0) is 68.5 Å². The summed E-state index contributed by atoms with van der Waals surface area (Å²) in [5, 5.41) is 6.56. The van der Waals surface area contributed by atoms with E-state index in [2.05, 4.69) is 16.7 Å². The van der Waals surface area contributed by atoms with E-state index in [4.69, 9.17) is 23.2 Å². The largest absolute Gasteiger partial charge is 0.348 e. The van der Waals surface area contributed by atoms with Gasteiger partial charge in [-0.2, -0.15) is 11.8 Å². The summed E-state index contributed by atoms with van der Waals surface area (Å²) in [6, 6.07) is 10.0. The summed E-state index contributed by atoms with van der Waals surface area (Å²) in [4.78, 5) is 25.6. The molecule has 4 nitrogen and oxygen atoms in total. The molecule has 0 fully saturated rings. The van der Waals surface area contributed by atoms with Gasteiger partial charge >= 0.3 is 0 Å². The molecule has 0 saturated heterocycles. The maximum atomic E-state index is 12.9. The van der Waals surface area contributed by atoms with Crippen LogP contribution in [0.2, 0.25) is 10.0 Å². The number of carbonyl (C=O) groups excluding carboxylic acids is 2. The number of nitrogens with one attached hydrogen (secondary N) is 2. The molecule has 2 unspecified atom stereocenters. The molecule has 7 heteroatoms. The lowest BCUT2D eigenvalue weighted by atomic mass is 9.99. The van der Waals surface area contributed by atoms with E-state index in [1.54, 1.807) is 23.9 Å². The van der Waals surface area contributed by atoms with Crippen LogP contribution in [0.1, 0.15) is 46.4 Å². The summed E-state index contributed by atoms with van der Waals surface area (Å²) in [5.41, 5.74) is 3.60. The smallest absolute Gasteiger partial charge is 0.253 e. The SMILES string of the molecule is CSCCC(NC(=O)c1ccc(Cl)cc1Cl)C(=O)NC(C)c1cc(C)ccc1C. The number of carbonyl (C=O) groups is 2. The quantitative estimate of drug-likeness (QED) is 0.568. The first-order chi connectivity index (χ1) is 13.7. The van der Waals surface area contributed by atoms with Crippen LogP contribution in [0.5, 0.6) is 0 Å². The van der Waals surface area contributed by atoms with Gasteiger partial charge in [-0.1, -0.05) is 47.0 Å². The third kappa shape index (κ3) is 6.66. The molecule has 156 valence electrons. The highest BCUT2D eigenvalue weighted by Crippen LogP contribution is 2.22. The van der Waals surface area contributed by atoms with Crippen molar-refractivity contribution in [1.82, 2.24) is 10.6 Å². The zero-order chi connectivity index (χ0) is 21.6. The van der Waals surface area contributed by atoms with Crippen molar-refractivity contribution in [2.75, 3.05) is 12.0 Å². The molecule has 0 spiro atoms. The maximum Gasteiger partial charge on any atom is 0.253 e. The molecular weight excluding hydrogens is 427 g/mol. The van der Waals surface area contributed by atoms with Crippen LogP contribution in [0.15, 0.2) is 36.4 Å². The van der Waals surface area contributed by atoms with Crippen LogP contribution in [-0.2, 0) is 4.79 Å². The van der Waals surface area contributed by atoms with E-state index >= 15 is 0 Å². The second kappa shape index (κ2) is 10.9. The third-order valence-corrected chi connectivity index (χ3v) is 5.86. The molecule has 2 amide bonds. The molecule has 0 aliphatic rings. The first-order valence-corrected chi connectivity index (χ1v) is 11.5. The minimum absolute atomic E-state index is 0.171. The summed E-state index contributed by atoms with van der Waals surface area (Å²) in [6.07, 6.45) is 2.48. The van der Waals surface area contributed by atoms with E-state index < -0.39 is 11.9 Å². The molecule has 0 saturated carbocycles. The Morgan fingerprint density at radius 3 is 2.45 bits per heavy atom. The molecule has 2 aromatic carbocycles. The van der Waals surface area contributed by atoms with Gasteiger partial charge in [0.25, 0.3) is 5.91 Å². The van der Waals surface area contributed by atoms with Gasteiger partial charge in [0.05, 0.1) is 16.6 Å². The lowest BCUT2D eigenvalue weighted by Crippen LogP contribution is -2.47. The summed E-state index contributed by atoms with van der Waals surface area (Å²) < 4.78 is 0. The highest BCUT2D eigenvalue weighted by Gasteiger charge is 2.24. The van der Waals surface area contributed by atoms with Crippen molar-refractivity contribution in [2.24, 2.45) is 0 Å². The van der Waals surface area contributed by atoms with Gasteiger partial charge in [0.15, 0.2) is 0 Å². The van der Waals surface area contributed by atoms with Crippen LogP contribution >= 0.6 is 35.0 Å². The van der Waals surface area contributed by atoms with Crippen LogP contribution < -0.4 is 10.6 Å². The van der Waals surface area contributed by atoms with E-state index in [-0.39, 0.29) is 17.0 Å². The zero-order valence-corrected chi connectivity index (χ0v) is 19.3. The number of halogens is 2. The van der Waals surface area contributed by atoms with E-state index in [0.29, 0.717) is 17.0 Å². The molecule has 2 atom stereocenters. The number of benzene rings is 2. The molecule has 0 radical (unpaired) electrons. The molecule has 2 rings (SSSR count). The highest BCUT2D eigenvalue weighted by atomic mass is 35.5. The fourth-order valence-electron chi connectivity index (χ4n) is 3.03. The van der Waals surface area contributed by atoms with E-state index in [1.165, 1.54) is 6.07 Å². The van der Waals surface area contributed by atoms with Gasteiger partial charge < -0.3 is 10.6 Å². The predicted molar refractivity (Wildman–Crippen MR) is 123 cm³/mol.